The van der Waals surface area contributed by atoms with E-state index in [4.69, 9.17) is 9.47 Å². The van der Waals surface area contributed by atoms with Crippen molar-refractivity contribution in [3.63, 3.8) is 0 Å². The fourth-order valence-corrected chi connectivity index (χ4v) is 7.75. The highest BCUT2D eigenvalue weighted by atomic mass is 16.6. The summed E-state index contributed by atoms with van der Waals surface area (Å²) >= 11 is 0. The molecule has 7 atom stereocenters. The number of rotatable bonds is 3. The Morgan fingerprint density at radius 1 is 1.18 bits per heavy atom. The molecule has 3 saturated carbocycles. The fourth-order valence-electron chi connectivity index (χ4n) is 7.75. The van der Waals surface area contributed by atoms with Gasteiger partial charge in [0.2, 0.25) is 5.78 Å². The van der Waals surface area contributed by atoms with Gasteiger partial charge in [0, 0.05) is 18.8 Å². The second-order valence-electron chi connectivity index (χ2n) is 10.2. The summed E-state index contributed by atoms with van der Waals surface area (Å²) in [6.45, 7) is 5.78. The first kappa shape index (κ1) is 18.5. The van der Waals surface area contributed by atoms with Gasteiger partial charge in [0.05, 0.1) is 6.10 Å². The van der Waals surface area contributed by atoms with Gasteiger partial charge < -0.3 is 9.47 Å². The van der Waals surface area contributed by atoms with Crippen LogP contribution in [0.15, 0.2) is 11.6 Å². The van der Waals surface area contributed by atoms with Crippen LogP contribution in [0, 0.1) is 28.6 Å². The van der Waals surface area contributed by atoms with Crippen LogP contribution in [0.4, 0.5) is 0 Å². The van der Waals surface area contributed by atoms with E-state index >= 15 is 0 Å². The van der Waals surface area contributed by atoms with E-state index in [0.29, 0.717) is 24.2 Å². The van der Waals surface area contributed by atoms with Crippen LogP contribution < -0.4 is 0 Å². The van der Waals surface area contributed by atoms with Crippen molar-refractivity contribution < 1.29 is 23.9 Å². The number of hydrogen-bond acceptors (Lipinski definition) is 5. The summed E-state index contributed by atoms with van der Waals surface area (Å²) in [5, 5.41) is 0. The summed E-state index contributed by atoms with van der Waals surface area (Å²) in [4.78, 5) is 36.2. The third kappa shape index (κ3) is 2.20. The molecule has 0 N–H and O–H groups in total. The number of ether oxygens (including phenoxy) is 2. The molecule has 0 radical (unpaired) electrons. The monoisotopic (exact) mass is 386 g/mol. The van der Waals surface area contributed by atoms with Crippen molar-refractivity contribution in [1.29, 1.82) is 0 Å². The van der Waals surface area contributed by atoms with Crippen LogP contribution in [0.25, 0.3) is 0 Å². The molecule has 0 aromatic heterocycles. The van der Waals surface area contributed by atoms with Gasteiger partial charge in [0.1, 0.15) is 0 Å². The quantitative estimate of drug-likeness (QED) is 0.549. The van der Waals surface area contributed by atoms with Gasteiger partial charge in [-0.05, 0) is 67.8 Å². The minimum absolute atomic E-state index is 0.0120. The molecule has 5 aliphatic rings. The van der Waals surface area contributed by atoms with Gasteiger partial charge >= 0.3 is 5.97 Å². The summed E-state index contributed by atoms with van der Waals surface area (Å²) in [5.41, 5.74) is 0.602. The van der Waals surface area contributed by atoms with E-state index in [9.17, 15) is 14.4 Å². The third-order valence-corrected chi connectivity index (χ3v) is 9.21. The molecule has 4 unspecified atom stereocenters. The van der Waals surface area contributed by atoms with Crippen molar-refractivity contribution in [2.45, 2.75) is 77.4 Å². The van der Waals surface area contributed by atoms with E-state index in [1.165, 1.54) is 12.5 Å². The Bertz CT molecular complexity index is 799. The van der Waals surface area contributed by atoms with Gasteiger partial charge in [-0.3, -0.25) is 14.4 Å². The molecule has 1 heterocycles. The van der Waals surface area contributed by atoms with Gasteiger partial charge in [-0.15, -0.1) is 0 Å². The van der Waals surface area contributed by atoms with E-state index in [2.05, 4.69) is 13.8 Å². The average Bonchev–Trinajstić information content (AvgIpc) is 3.32. The molecule has 152 valence electrons. The number of ketones is 2. The van der Waals surface area contributed by atoms with Crippen molar-refractivity contribution in [2.24, 2.45) is 28.6 Å². The highest BCUT2D eigenvalue weighted by molar-refractivity contribution is 5.94. The first-order valence-electron chi connectivity index (χ1n) is 10.8. The smallest absolute Gasteiger partial charge is 0.303 e. The molecule has 4 aliphatic carbocycles. The second-order valence-corrected chi connectivity index (χ2v) is 10.2. The summed E-state index contributed by atoms with van der Waals surface area (Å²) in [6.07, 6.45) is 8.68. The van der Waals surface area contributed by atoms with Gasteiger partial charge in [-0.2, -0.15) is 0 Å². The normalized spacial score (nSPS) is 48.5. The first-order valence-corrected chi connectivity index (χ1v) is 10.8. The van der Waals surface area contributed by atoms with Crippen molar-refractivity contribution in [3.05, 3.63) is 11.6 Å². The molecule has 1 saturated heterocycles. The second kappa shape index (κ2) is 5.78. The van der Waals surface area contributed by atoms with Crippen molar-refractivity contribution in [3.8, 4) is 0 Å². The Hall–Kier alpha value is -1.49. The van der Waals surface area contributed by atoms with Crippen LogP contribution in [0.3, 0.4) is 0 Å². The third-order valence-electron chi connectivity index (χ3n) is 9.21. The molecular formula is C23H30O5. The zero-order valence-corrected chi connectivity index (χ0v) is 17.1. The minimum atomic E-state index is -0.738. The van der Waals surface area contributed by atoms with Crippen LogP contribution >= 0.6 is 0 Å². The summed E-state index contributed by atoms with van der Waals surface area (Å²) in [6, 6.07) is 0. The molecule has 4 fully saturated rings. The summed E-state index contributed by atoms with van der Waals surface area (Å²) in [5.74, 6) is 1.47. The lowest BCUT2D eigenvalue weighted by Gasteiger charge is -2.58. The molecule has 0 amide bonds. The fraction of sp³-hybridized carbons (Fsp3) is 0.783. The molecule has 5 heteroatoms. The summed E-state index contributed by atoms with van der Waals surface area (Å²) in [7, 11) is 0. The van der Waals surface area contributed by atoms with Crippen molar-refractivity contribution in [1.82, 2.24) is 0 Å². The molecule has 5 rings (SSSR count). The van der Waals surface area contributed by atoms with E-state index in [1.54, 1.807) is 0 Å². The van der Waals surface area contributed by atoms with Crippen LogP contribution in [-0.2, 0) is 23.9 Å². The van der Waals surface area contributed by atoms with Crippen LogP contribution in [-0.4, -0.2) is 35.8 Å². The molecular weight excluding hydrogens is 356 g/mol. The van der Waals surface area contributed by atoms with Crippen molar-refractivity contribution >= 4 is 17.5 Å². The van der Waals surface area contributed by atoms with Gasteiger partial charge in [-0.1, -0.05) is 19.4 Å². The number of esters is 1. The van der Waals surface area contributed by atoms with Crippen LogP contribution in [0.5, 0.6) is 0 Å². The van der Waals surface area contributed by atoms with Gasteiger partial charge in [0.15, 0.2) is 18.0 Å². The lowest BCUT2D eigenvalue weighted by Crippen LogP contribution is -2.55. The number of allylic oxidation sites excluding steroid dienone is 1. The Morgan fingerprint density at radius 3 is 2.71 bits per heavy atom. The van der Waals surface area contributed by atoms with Crippen molar-refractivity contribution in [2.75, 3.05) is 6.61 Å². The molecule has 0 spiro atoms. The average molecular weight is 386 g/mol. The molecule has 0 aromatic carbocycles. The SMILES string of the molecule is CC(=O)OCC(=O)[C@@]12OC1CC1C3CCC4=CC(=O)CC[C@]4(C)C3CC[C@@]12C. The maximum Gasteiger partial charge on any atom is 0.303 e. The number of fused-ring (bicyclic) bond motifs is 7. The Labute approximate surface area is 166 Å². The van der Waals surface area contributed by atoms with E-state index < -0.39 is 11.6 Å². The topological polar surface area (TPSA) is 73.0 Å². The number of Topliss-reactive ketones (excluding diaryl/α,β-unsaturated/α-hetero) is 1. The Kier molecular flexibility index (Phi) is 3.82. The maximum atomic E-state index is 13.0. The van der Waals surface area contributed by atoms with Gasteiger partial charge in [-0.25, -0.2) is 0 Å². The Balaban J connectivity index is 1.42. The predicted octanol–water partition coefficient (Wildman–Crippen LogP) is 3.40. The lowest BCUT2D eigenvalue weighted by atomic mass is 9.46. The first-order chi connectivity index (χ1) is 13.2. The highest BCUT2D eigenvalue weighted by Gasteiger charge is 2.80. The van der Waals surface area contributed by atoms with Crippen LogP contribution in [0.1, 0.15) is 65.7 Å². The van der Waals surface area contributed by atoms with E-state index in [1.807, 2.05) is 6.08 Å². The predicted molar refractivity (Wildman–Crippen MR) is 101 cm³/mol. The lowest BCUT2D eigenvalue weighted by molar-refractivity contribution is -0.152. The van der Waals surface area contributed by atoms with Crippen LogP contribution in [0.2, 0.25) is 0 Å². The summed E-state index contributed by atoms with van der Waals surface area (Å²) < 4.78 is 11.1. The minimum Gasteiger partial charge on any atom is -0.458 e. The number of carbonyl (C=O) groups excluding carboxylic acids is 3. The molecule has 1 aliphatic heterocycles. The number of carbonyl (C=O) groups is 3. The zero-order chi connectivity index (χ0) is 19.9. The zero-order valence-electron chi connectivity index (χ0n) is 17.1. The number of hydrogen-bond donors (Lipinski definition) is 0. The molecule has 0 bridgehead atoms. The van der Waals surface area contributed by atoms with Gasteiger partial charge in [0.25, 0.3) is 0 Å². The molecule has 0 aromatic rings. The highest BCUT2D eigenvalue weighted by Crippen LogP contribution is 2.73. The molecule has 28 heavy (non-hydrogen) atoms. The van der Waals surface area contributed by atoms with E-state index in [0.717, 1.165) is 38.5 Å². The Morgan fingerprint density at radius 2 is 1.96 bits per heavy atom. The maximum absolute atomic E-state index is 13.0. The number of epoxide rings is 1. The molecule has 5 nitrogen and oxygen atoms in total. The standard InChI is InChI=1S/C23H30O5/c1-13(24)27-12-19(26)23-20(28-23)11-18-16-5-4-14-10-15(25)6-8-21(14,2)17(16)7-9-22(18,23)3/h10,16-18,20H,4-9,11-12H2,1-3H3/t16?,17?,18?,20?,21-,22-,23+/m0/s1. The largest absolute Gasteiger partial charge is 0.458 e. The van der Waals surface area contributed by atoms with E-state index in [-0.39, 0.29) is 35.1 Å².